The van der Waals surface area contributed by atoms with Gasteiger partial charge in [-0.15, -0.1) is 0 Å². The lowest BCUT2D eigenvalue weighted by molar-refractivity contribution is 0.276. The third-order valence-corrected chi connectivity index (χ3v) is 9.33. The maximum Gasteiger partial charge on any atom is 0.191 e. The molecule has 0 aliphatic rings. The highest BCUT2D eigenvalue weighted by atomic mass is 28.4. The Morgan fingerprint density at radius 2 is 1.86 bits per heavy atom. The van der Waals surface area contributed by atoms with Crippen molar-refractivity contribution in [1.29, 1.82) is 0 Å². The Bertz CT molecular complexity index is 626. The number of aryl methyl sites for hydroxylation is 1. The van der Waals surface area contributed by atoms with Crippen molar-refractivity contribution in [1.82, 2.24) is 4.57 Å². The smallest absolute Gasteiger partial charge is 0.191 e. The number of rotatable bonds is 6. The second-order valence-corrected chi connectivity index (χ2v) is 12.2. The molecular weight excluding hydrogens is 290 g/mol. The van der Waals surface area contributed by atoms with Crippen LogP contribution in [-0.4, -0.2) is 26.6 Å². The quantitative estimate of drug-likeness (QED) is 0.548. The van der Waals surface area contributed by atoms with Gasteiger partial charge in [-0.05, 0) is 48.8 Å². The van der Waals surface area contributed by atoms with E-state index >= 15 is 0 Å². The molecule has 4 heteroatoms. The van der Waals surface area contributed by atoms with Crippen LogP contribution in [0.15, 0.2) is 30.5 Å². The molecule has 0 N–H and O–H groups in total. The second kappa shape index (κ2) is 6.47. The molecule has 1 aromatic carbocycles. The molecule has 122 valence electrons. The van der Waals surface area contributed by atoms with Gasteiger partial charge in [0.05, 0.1) is 7.11 Å². The van der Waals surface area contributed by atoms with Gasteiger partial charge >= 0.3 is 0 Å². The normalized spacial score (nSPS) is 12.8. The van der Waals surface area contributed by atoms with Crippen LogP contribution in [0.5, 0.6) is 5.75 Å². The Balaban J connectivity index is 1.93. The lowest BCUT2D eigenvalue weighted by Gasteiger charge is -2.36. The van der Waals surface area contributed by atoms with Gasteiger partial charge in [0.2, 0.25) is 0 Å². The first-order valence-electron chi connectivity index (χ1n) is 8.01. The van der Waals surface area contributed by atoms with Gasteiger partial charge in [0, 0.05) is 30.3 Å². The summed E-state index contributed by atoms with van der Waals surface area (Å²) in [6.07, 6.45) is 3.19. The van der Waals surface area contributed by atoms with E-state index in [4.69, 9.17) is 9.16 Å². The number of methoxy groups -OCH3 is 1. The van der Waals surface area contributed by atoms with Crippen molar-refractivity contribution in [2.24, 2.45) is 0 Å². The highest BCUT2D eigenvalue weighted by molar-refractivity contribution is 6.74. The number of benzene rings is 1. The predicted molar refractivity (Wildman–Crippen MR) is 96.3 cm³/mol. The molecule has 0 aliphatic heterocycles. The molecule has 0 atom stereocenters. The fourth-order valence-electron chi connectivity index (χ4n) is 2.28. The van der Waals surface area contributed by atoms with Crippen molar-refractivity contribution < 1.29 is 9.16 Å². The summed E-state index contributed by atoms with van der Waals surface area (Å²) in [6.45, 7) is 13.3. The number of ether oxygens (including phenoxy) is 1. The monoisotopic (exact) mass is 319 g/mol. The molecule has 1 aromatic heterocycles. The van der Waals surface area contributed by atoms with E-state index in [-0.39, 0.29) is 5.04 Å². The predicted octanol–water partition coefficient (Wildman–Crippen LogP) is 5.06. The number of nitrogens with zero attached hydrogens (tertiary/aromatic N) is 1. The highest BCUT2D eigenvalue weighted by Crippen LogP contribution is 2.36. The zero-order valence-corrected chi connectivity index (χ0v) is 15.8. The van der Waals surface area contributed by atoms with Crippen LogP contribution in [0.2, 0.25) is 18.1 Å². The topological polar surface area (TPSA) is 23.4 Å². The van der Waals surface area contributed by atoms with E-state index in [0.717, 1.165) is 25.3 Å². The van der Waals surface area contributed by atoms with E-state index in [1.165, 1.54) is 10.9 Å². The van der Waals surface area contributed by atoms with Gasteiger partial charge in [-0.1, -0.05) is 20.8 Å². The molecule has 0 spiro atoms. The Kier molecular flexibility index (Phi) is 5.02. The lowest BCUT2D eigenvalue weighted by atomic mass is 10.2. The molecule has 0 saturated carbocycles. The molecule has 0 aliphatic carbocycles. The fourth-order valence-corrected chi connectivity index (χ4v) is 3.37. The van der Waals surface area contributed by atoms with E-state index < -0.39 is 8.32 Å². The van der Waals surface area contributed by atoms with Crippen LogP contribution in [0.4, 0.5) is 0 Å². The molecular formula is C18H29NO2Si. The van der Waals surface area contributed by atoms with Gasteiger partial charge in [-0.2, -0.15) is 0 Å². The van der Waals surface area contributed by atoms with Crippen LogP contribution in [-0.2, 0) is 11.0 Å². The second-order valence-electron chi connectivity index (χ2n) is 7.40. The maximum atomic E-state index is 6.25. The Hall–Kier alpha value is -1.26. The minimum Gasteiger partial charge on any atom is -0.497 e. The summed E-state index contributed by atoms with van der Waals surface area (Å²) in [7, 11) is 0.0859. The van der Waals surface area contributed by atoms with Crippen LogP contribution in [0, 0.1) is 0 Å². The van der Waals surface area contributed by atoms with Crippen molar-refractivity contribution in [2.45, 2.75) is 51.9 Å². The van der Waals surface area contributed by atoms with Gasteiger partial charge in [0.15, 0.2) is 8.32 Å². The van der Waals surface area contributed by atoms with Gasteiger partial charge in [-0.3, -0.25) is 0 Å². The number of fused-ring (bicyclic) bond motifs is 1. The Morgan fingerprint density at radius 1 is 1.14 bits per heavy atom. The largest absolute Gasteiger partial charge is 0.497 e. The van der Waals surface area contributed by atoms with E-state index in [0.29, 0.717) is 0 Å². The summed E-state index contributed by atoms with van der Waals surface area (Å²) in [5, 5.41) is 1.51. The van der Waals surface area contributed by atoms with Crippen LogP contribution >= 0.6 is 0 Å². The average molecular weight is 320 g/mol. The average Bonchev–Trinajstić information content (AvgIpc) is 2.84. The van der Waals surface area contributed by atoms with Crippen molar-refractivity contribution in [2.75, 3.05) is 13.7 Å². The highest BCUT2D eigenvalue weighted by Gasteiger charge is 2.36. The third kappa shape index (κ3) is 3.73. The van der Waals surface area contributed by atoms with Crippen LogP contribution < -0.4 is 4.74 Å². The summed E-state index contributed by atoms with van der Waals surface area (Å²) in [5.74, 6) is 0.909. The molecule has 1 heterocycles. The molecule has 0 fully saturated rings. The molecule has 2 rings (SSSR count). The number of hydrogen-bond acceptors (Lipinski definition) is 2. The molecule has 3 nitrogen and oxygen atoms in total. The molecule has 0 amide bonds. The van der Waals surface area contributed by atoms with Crippen molar-refractivity contribution in [3.8, 4) is 5.75 Å². The zero-order valence-electron chi connectivity index (χ0n) is 14.8. The van der Waals surface area contributed by atoms with E-state index in [1.54, 1.807) is 7.11 Å². The minimum atomic E-state index is -1.62. The summed E-state index contributed by atoms with van der Waals surface area (Å²) in [5.41, 5.74) is 1.26. The van der Waals surface area contributed by atoms with Crippen LogP contribution in [0.1, 0.15) is 27.2 Å². The molecule has 0 radical (unpaired) electrons. The van der Waals surface area contributed by atoms with Gasteiger partial charge in [0.25, 0.3) is 0 Å². The van der Waals surface area contributed by atoms with Crippen LogP contribution in [0.25, 0.3) is 10.9 Å². The molecule has 2 aromatic rings. The fraction of sp³-hybridized carbons (Fsp3) is 0.556. The van der Waals surface area contributed by atoms with Crippen LogP contribution in [0.3, 0.4) is 0 Å². The molecule has 22 heavy (non-hydrogen) atoms. The summed E-state index contributed by atoms with van der Waals surface area (Å²) in [4.78, 5) is 0. The lowest BCUT2D eigenvalue weighted by Crippen LogP contribution is -2.41. The van der Waals surface area contributed by atoms with E-state index in [9.17, 15) is 0 Å². The molecule has 0 unspecified atom stereocenters. The van der Waals surface area contributed by atoms with Gasteiger partial charge in [0.1, 0.15) is 5.75 Å². The minimum absolute atomic E-state index is 0.281. The Morgan fingerprint density at radius 3 is 2.50 bits per heavy atom. The van der Waals surface area contributed by atoms with E-state index in [2.05, 4.69) is 62.8 Å². The first-order valence-corrected chi connectivity index (χ1v) is 10.9. The SMILES string of the molecule is COc1ccc2c(ccn2CCCO[Si](C)(C)C(C)(C)C)c1. The van der Waals surface area contributed by atoms with Crippen molar-refractivity contribution in [3.05, 3.63) is 30.5 Å². The standard InChI is InChI=1S/C18H29NO2Si/c1-18(2,3)22(5,6)21-13-7-11-19-12-10-15-14-16(20-4)8-9-17(15)19/h8-10,12,14H,7,11,13H2,1-6H3. The van der Waals surface area contributed by atoms with Crippen molar-refractivity contribution >= 4 is 19.2 Å². The Labute approximate surface area is 135 Å². The summed E-state index contributed by atoms with van der Waals surface area (Å²) < 4.78 is 13.8. The summed E-state index contributed by atoms with van der Waals surface area (Å²) >= 11 is 0. The van der Waals surface area contributed by atoms with Crippen molar-refractivity contribution in [3.63, 3.8) is 0 Å². The molecule has 0 bridgehead atoms. The third-order valence-electron chi connectivity index (χ3n) is 4.79. The first-order chi connectivity index (χ1) is 10.2. The first kappa shape index (κ1) is 17.1. The van der Waals surface area contributed by atoms with Gasteiger partial charge in [-0.25, -0.2) is 0 Å². The zero-order chi connectivity index (χ0) is 16.4. The molecule has 0 saturated heterocycles. The number of aromatic nitrogens is 1. The van der Waals surface area contributed by atoms with Gasteiger partial charge < -0.3 is 13.7 Å². The van der Waals surface area contributed by atoms with E-state index in [1.807, 2.05) is 6.07 Å². The summed E-state index contributed by atoms with van der Waals surface area (Å²) in [6, 6.07) is 8.37. The maximum absolute atomic E-state index is 6.25. The number of hydrogen-bond donors (Lipinski definition) is 0.